The van der Waals surface area contributed by atoms with Crippen molar-refractivity contribution >= 4 is 11.6 Å². The zero-order chi connectivity index (χ0) is 14.8. The van der Waals surface area contributed by atoms with Gasteiger partial charge in [-0.05, 0) is 26.7 Å². The topological polar surface area (TPSA) is 49.8 Å². The average molecular weight is 278 g/mol. The molecular weight excluding hydrogens is 248 g/mol. The number of unbranched alkanes of at least 4 members (excludes halogenated alkanes) is 3. The van der Waals surface area contributed by atoms with Crippen LogP contribution in [0.3, 0.4) is 0 Å². The molecule has 4 heteroatoms. The molecule has 0 saturated heterocycles. The summed E-state index contributed by atoms with van der Waals surface area (Å²) in [4.78, 5) is 8.68. The van der Waals surface area contributed by atoms with Gasteiger partial charge < -0.3 is 10.6 Å². The molecule has 1 rings (SSSR count). The van der Waals surface area contributed by atoms with Gasteiger partial charge in [-0.2, -0.15) is 0 Å². The summed E-state index contributed by atoms with van der Waals surface area (Å²) < 4.78 is 0. The summed E-state index contributed by atoms with van der Waals surface area (Å²) in [5.41, 5.74) is 1.11. The van der Waals surface area contributed by atoms with Crippen molar-refractivity contribution in [1.82, 2.24) is 9.97 Å². The second-order valence-corrected chi connectivity index (χ2v) is 5.52. The molecule has 1 atom stereocenters. The third-order valence-electron chi connectivity index (χ3n) is 3.50. The lowest BCUT2D eigenvalue weighted by Crippen LogP contribution is -2.17. The molecule has 0 aliphatic heterocycles. The van der Waals surface area contributed by atoms with Gasteiger partial charge >= 0.3 is 0 Å². The van der Waals surface area contributed by atoms with Crippen molar-refractivity contribution in [1.29, 1.82) is 0 Å². The Morgan fingerprint density at radius 3 is 2.50 bits per heavy atom. The highest BCUT2D eigenvalue weighted by molar-refractivity contribution is 5.56. The van der Waals surface area contributed by atoms with Gasteiger partial charge in [0.1, 0.15) is 18.0 Å². The van der Waals surface area contributed by atoms with E-state index in [1.165, 1.54) is 32.1 Å². The summed E-state index contributed by atoms with van der Waals surface area (Å²) in [6.45, 7) is 9.65. The number of hydrogen-bond acceptors (Lipinski definition) is 4. The Bertz CT molecular complexity index is 379. The molecule has 114 valence electrons. The van der Waals surface area contributed by atoms with Gasteiger partial charge in [0.2, 0.25) is 0 Å². The highest BCUT2D eigenvalue weighted by Crippen LogP contribution is 2.20. The van der Waals surface area contributed by atoms with E-state index in [0.717, 1.165) is 30.2 Å². The molecule has 0 spiro atoms. The maximum absolute atomic E-state index is 4.37. The van der Waals surface area contributed by atoms with E-state index in [0.29, 0.717) is 6.04 Å². The molecular formula is C16H30N4. The Labute approximate surface area is 123 Å². The molecule has 20 heavy (non-hydrogen) atoms. The lowest BCUT2D eigenvalue weighted by molar-refractivity contribution is 0.592. The molecule has 0 aliphatic carbocycles. The Kier molecular flexibility index (Phi) is 8.00. The number of rotatable bonds is 10. The van der Waals surface area contributed by atoms with Crippen LogP contribution in [0.15, 0.2) is 6.33 Å². The molecule has 0 radical (unpaired) electrons. The van der Waals surface area contributed by atoms with Gasteiger partial charge in [0.15, 0.2) is 0 Å². The van der Waals surface area contributed by atoms with E-state index >= 15 is 0 Å². The van der Waals surface area contributed by atoms with E-state index in [4.69, 9.17) is 0 Å². The number of nitrogens with one attached hydrogen (secondary N) is 2. The van der Waals surface area contributed by atoms with Crippen molar-refractivity contribution in [2.24, 2.45) is 0 Å². The van der Waals surface area contributed by atoms with Crippen molar-refractivity contribution in [2.75, 3.05) is 17.2 Å². The molecule has 0 amide bonds. The summed E-state index contributed by atoms with van der Waals surface area (Å²) in [6.07, 6.45) is 9.17. The van der Waals surface area contributed by atoms with Gasteiger partial charge in [0.05, 0.1) is 0 Å². The van der Waals surface area contributed by atoms with E-state index in [1.807, 2.05) is 0 Å². The van der Waals surface area contributed by atoms with E-state index in [2.05, 4.69) is 48.3 Å². The Morgan fingerprint density at radius 2 is 1.80 bits per heavy atom. The van der Waals surface area contributed by atoms with Gasteiger partial charge in [-0.3, -0.25) is 0 Å². The van der Waals surface area contributed by atoms with Crippen LogP contribution in [0.1, 0.15) is 64.9 Å². The first-order valence-corrected chi connectivity index (χ1v) is 8.01. The summed E-state index contributed by atoms with van der Waals surface area (Å²) in [5.74, 6) is 1.91. The van der Waals surface area contributed by atoms with Crippen molar-refractivity contribution in [3.8, 4) is 0 Å². The zero-order valence-corrected chi connectivity index (χ0v) is 13.5. The molecule has 4 nitrogen and oxygen atoms in total. The van der Waals surface area contributed by atoms with Gasteiger partial charge in [0, 0.05) is 18.2 Å². The second-order valence-electron chi connectivity index (χ2n) is 5.52. The normalized spacial score (nSPS) is 12.2. The molecule has 1 aromatic heterocycles. The molecule has 1 heterocycles. The average Bonchev–Trinajstić information content (AvgIpc) is 2.44. The van der Waals surface area contributed by atoms with Crippen LogP contribution in [0.4, 0.5) is 11.6 Å². The fourth-order valence-corrected chi connectivity index (χ4v) is 2.20. The van der Waals surface area contributed by atoms with Crippen LogP contribution in [0.25, 0.3) is 0 Å². The molecule has 2 N–H and O–H groups in total. The Hall–Kier alpha value is -1.32. The maximum atomic E-state index is 4.37. The minimum absolute atomic E-state index is 0.458. The van der Waals surface area contributed by atoms with Crippen LogP contribution >= 0.6 is 0 Å². The molecule has 0 aliphatic rings. The predicted octanol–water partition coefficient (Wildman–Crippen LogP) is 4.38. The minimum Gasteiger partial charge on any atom is -0.370 e. The van der Waals surface area contributed by atoms with Crippen LogP contribution in [-0.4, -0.2) is 22.6 Å². The summed E-state index contributed by atoms with van der Waals surface area (Å²) in [7, 11) is 0. The SMILES string of the molecule is CCCCCCC(C)Nc1ncnc(NCCC)c1C. The lowest BCUT2D eigenvalue weighted by atomic mass is 10.1. The van der Waals surface area contributed by atoms with Gasteiger partial charge in [-0.15, -0.1) is 0 Å². The summed E-state index contributed by atoms with van der Waals surface area (Å²) >= 11 is 0. The molecule has 1 unspecified atom stereocenters. The number of anilines is 2. The molecule has 0 bridgehead atoms. The second kappa shape index (κ2) is 9.56. The highest BCUT2D eigenvalue weighted by atomic mass is 15.1. The van der Waals surface area contributed by atoms with E-state index in [9.17, 15) is 0 Å². The third kappa shape index (κ3) is 5.76. The van der Waals surface area contributed by atoms with Gasteiger partial charge in [0.25, 0.3) is 0 Å². The highest BCUT2D eigenvalue weighted by Gasteiger charge is 2.09. The fourth-order valence-electron chi connectivity index (χ4n) is 2.20. The van der Waals surface area contributed by atoms with Crippen LogP contribution < -0.4 is 10.6 Å². The molecule has 0 fully saturated rings. The first kappa shape index (κ1) is 16.7. The molecule has 0 saturated carbocycles. The number of hydrogen-bond donors (Lipinski definition) is 2. The van der Waals surface area contributed by atoms with Crippen LogP contribution in [-0.2, 0) is 0 Å². The van der Waals surface area contributed by atoms with Crippen molar-refractivity contribution in [3.05, 3.63) is 11.9 Å². The first-order valence-electron chi connectivity index (χ1n) is 8.01. The van der Waals surface area contributed by atoms with Crippen LogP contribution in [0.2, 0.25) is 0 Å². The first-order chi connectivity index (χ1) is 9.69. The number of aromatic nitrogens is 2. The lowest BCUT2D eigenvalue weighted by Gasteiger charge is -2.17. The van der Waals surface area contributed by atoms with E-state index in [-0.39, 0.29) is 0 Å². The van der Waals surface area contributed by atoms with Gasteiger partial charge in [-0.25, -0.2) is 9.97 Å². The molecule has 1 aromatic rings. The third-order valence-corrected chi connectivity index (χ3v) is 3.50. The standard InChI is InChI=1S/C16H30N4/c1-5-7-8-9-10-13(3)20-16-14(4)15(17-11-6-2)18-12-19-16/h12-13H,5-11H2,1-4H3,(H2,17,18,19,20). The largest absolute Gasteiger partial charge is 0.370 e. The van der Waals surface area contributed by atoms with E-state index in [1.54, 1.807) is 6.33 Å². The summed E-state index contributed by atoms with van der Waals surface area (Å²) in [5, 5.41) is 6.86. The van der Waals surface area contributed by atoms with Crippen molar-refractivity contribution < 1.29 is 0 Å². The van der Waals surface area contributed by atoms with Gasteiger partial charge in [-0.1, -0.05) is 39.5 Å². The maximum Gasteiger partial charge on any atom is 0.134 e. The minimum atomic E-state index is 0.458. The van der Waals surface area contributed by atoms with E-state index < -0.39 is 0 Å². The predicted molar refractivity (Wildman–Crippen MR) is 87.4 cm³/mol. The van der Waals surface area contributed by atoms with Crippen LogP contribution in [0.5, 0.6) is 0 Å². The number of nitrogens with zero attached hydrogens (tertiary/aromatic N) is 2. The smallest absolute Gasteiger partial charge is 0.134 e. The molecule has 0 aromatic carbocycles. The monoisotopic (exact) mass is 278 g/mol. The van der Waals surface area contributed by atoms with Crippen LogP contribution in [0, 0.1) is 6.92 Å². The Balaban J connectivity index is 2.49. The zero-order valence-electron chi connectivity index (χ0n) is 13.5. The Morgan fingerprint density at radius 1 is 1.05 bits per heavy atom. The van der Waals surface area contributed by atoms with Crippen molar-refractivity contribution in [2.45, 2.75) is 72.3 Å². The fraction of sp³-hybridized carbons (Fsp3) is 0.750. The summed E-state index contributed by atoms with van der Waals surface area (Å²) in [6, 6.07) is 0.458. The van der Waals surface area contributed by atoms with Crippen molar-refractivity contribution in [3.63, 3.8) is 0 Å². The quantitative estimate of drug-likeness (QED) is 0.624.